The van der Waals surface area contributed by atoms with Gasteiger partial charge in [0.05, 0.1) is 5.25 Å². The van der Waals surface area contributed by atoms with Gasteiger partial charge in [-0.25, -0.2) is 12.7 Å². The van der Waals surface area contributed by atoms with E-state index in [1.165, 1.54) is 4.31 Å². The van der Waals surface area contributed by atoms with Crippen LogP contribution >= 0.6 is 11.8 Å². The number of sulfonamides is 1. The topological polar surface area (TPSA) is 49.4 Å². The highest BCUT2D eigenvalue weighted by Gasteiger charge is 2.28. The molecule has 104 valence electrons. The molecule has 0 amide bonds. The Morgan fingerprint density at radius 2 is 1.94 bits per heavy atom. The van der Waals surface area contributed by atoms with Crippen molar-refractivity contribution >= 4 is 21.8 Å². The summed E-state index contributed by atoms with van der Waals surface area (Å²) < 4.78 is 26.0. The maximum absolute atomic E-state index is 12.2. The summed E-state index contributed by atoms with van der Waals surface area (Å²) in [5, 5.41) is 2.71. The minimum Gasteiger partial charge on any atom is -0.316 e. The minimum atomic E-state index is -3.18. The Labute approximate surface area is 111 Å². The van der Waals surface area contributed by atoms with Crippen LogP contribution in [0.2, 0.25) is 0 Å². The second kappa shape index (κ2) is 8.34. The zero-order valence-electron chi connectivity index (χ0n) is 11.6. The average Bonchev–Trinajstić information content (AvgIpc) is 2.31. The lowest BCUT2D eigenvalue weighted by atomic mass is 10.3. The molecule has 0 aliphatic heterocycles. The third kappa shape index (κ3) is 5.59. The van der Waals surface area contributed by atoms with Crippen LogP contribution in [0.4, 0.5) is 0 Å². The van der Waals surface area contributed by atoms with Gasteiger partial charge in [0.15, 0.2) is 0 Å². The number of nitrogens with zero attached hydrogens (tertiary/aromatic N) is 1. The molecule has 6 heteroatoms. The molecular weight excluding hydrogens is 256 g/mol. The standard InChI is InChI=1S/C11H26N2O2S2/c1-6-12-9-11(3)17(14,15)13(4)10(2)7-8-16-5/h10-12H,6-9H2,1-5H3. The molecule has 0 spiro atoms. The molecule has 4 nitrogen and oxygen atoms in total. The fraction of sp³-hybridized carbons (Fsp3) is 1.00. The molecule has 0 aromatic rings. The van der Waals surface area contributed by atoms with Crippen LogP contribution in [0.15, 0.2) is 0 Å². The van der Waals surface area contributed by atoms with Gasteiger partial charge in [-0.05, 0) is 38.8 Å². The molecule has 0 saturated carbocycles. The van der Waals surface area contributed by atoms with E-state index in [1.807, 2.05) is 20.1 Å². The van der Waals surface area contributed by atoms with E-state index in [4.69, 9.17) is 0 Å². The van der Waals surface area contributed by atoms with E-state index < -0.39 is 10.0 Å². The Bertz CT molecular complexity index is 294. The van der Waals surface area contributed by atoms with E-state index >= 15 is 0 Å². The van der Waals surface area contributed by atoms with E-state index in [0.29, 0.717) is 6.54 Å². The van der Waals surface area contributed by atoms with Gasteiger partial charge in [0.2, 0.25) is 10.0 Å². The van der Waals surface area contributed by atoms with Crippen molar-refractivity contribution in [3.63, 3.8) is 0 Å². The SMILES string of the molecule is CCNCC(C)S(=O)(=O)N(C)C(C)CCSC. The number of nitrogens with one attached hydrogen (secondary N) is 1. The lowest BCUT2D eigenvalue weighted by Gasteiger charge is -2.27. The van der Waals surface area contributed by atoms with E-state index in [-0.39, 0.29) is 11.3 Å². The van der Waals surface area contributed by atoms with Crippen molar-refractivity contribution in [2.24, 2.45) is 0 Å². The van der Waals surface area contributed by atoms with Gasteiger partial charge in [-0.3, -0.25) is 0 Å². The van der Waals surface area contributed by atoms with Crippen LogP contribution in [0.25, 0.3) is 0 Å². The number of hydrogen-bond acceptors (Lipinski definition) is 4. The molecule has 0 aliphatic rings. The summed E-state index contributed by atoms with van der Waals surface area (Å²) in [6.07, 6.45) is 2.93. The maximum atomic E-state index is 12.2. The minimum absolute atomic E-state index is 0.0662. The van der Waals surface area contributed by atoms with E-state index in [2.05, 4.69) is 5.32 Å². The molecule has 17 heavy (non-hydrogen) atoms. The summed E-state index contributed by atoms with van der Waals surface area (Å²) in [5.74, 6) is 0.989. The van der Waals surface area contributed by atoms with Crippen molar-refractivity contribution in [1.29, 1.82) is 0 Å². The van der Waals surface area contributed by atoms with E-state index in [0.717, 1.165) is 18.7 Å². The Kier molecular flexibility index (Phi) is 8.45. The zero-order valence-corrected chi connectivity index (χ0v) is 13.2. The summed E-state index contributed by atoms with van der Waals surface area (Å²) in [6.45, 7) is 7.01. The molecule has 1 N–H and O–H groups in total. The van der Waals surface area contributed by atoms with Gasteiger partial charge in [0.1, 0.15) is 0 Å². The average molecular weight is 282 g/mol. The molecule has 0 aromatic heterocycles. The van der Waals surface area contributed by atoms with E-state index in [9.17, 15) is 8.42 Å². The highest BCUT2D eigenvalue weighted by atomic mass is 32.2. The van der Waals surface area contributed by atoms with Crippen LogP contribution in [-0.4, -0.2) is 56.2 Å². The second-order valence-corrected chi connectivity index (χ2v) is 7.71. The van der Waals surface area contributed by atoms with Gasteiger partial charge in [0.25, 0.3) is 0 Å². The molecular formula is C11H26N2O2S2. The molecule has 2 unspecified atom stereocenters. The van der Waals surface area contributed by atoms with Gasteiger partial charge in [0, 0.05) is 19.6 Å². The van der Waals surface area contributed by atoms with Crippen molar-refractivity contribution in [2.45, 2.75) is 38.5 Å². The van der Waals surface area contributed by atoms with Crippen LogP contribution < -0.4 is 5.32 Å². The summed E-state index contributed by atoms with van der Waals surface area (Å²) in [6, 6.07) is 0.0662. The van der Waals surface area contributed by atoms with Crippen molar-refractivity contribution in [3.8, 4) is 0 Å². The van der Waals surface area contributed by atoms with Crippen LogP contribution in [0.1, 0.15) is 27.2 Å². The number of thioether (sulfide) groups is 1. The van der Waals surface area contributed by atoms with Gasteiger partial charge in [-0.1, -0.05) is 6.92 Å². The van der Waals surface area contributed by atoms with Crippen LogP contribution in [0.3, 0.4) is 0 Å². The second-order valence-electron chi connectivity index (χ2n) is 4.31. The van der Waals surface area contributed by atoms with E-state index in [1.54, 1.807) is 25.7 Å². The zero-order chi connectivity index (χ0) is 13.5. The predicted octanol–water partition coefficient (Wildman–Crippen LogP) is 1.39. The smallest absolute Gasteiger partial charge is 0.217 e. The quantitative estimate of drug-likeness (QED) is 0.694. The first-order valence-electron chi connectivity index (χ1n) is 6.04. The maximum Gasteiger partial charge on any atom is 0.217 e. The summed E-state index contributed by atoms with van der Waals surface area (Å²) in [5.41, 5.74) is 0. The Morgan fingerprint density at radius 3 is 2.41 bits per heavy atom. The molecule has 0 rings (SSSR count). The molecule has 2 atom stereocenters. The Hall–Kier alpha value is 0.220. The van der Waals surface area contributed by atoms with Crippen LogP contribution in [0, 0.1) is 0 Å². The summed E-state index contributed by atoms with van der Waals surface area (Å²) in [4.78, 5) is 0. The normalized spacial score (nSPS) is 16.1. The van der Waals surface area contributed by atoms with Crippen LogP contribution in [0.5, 0.6) is 0 Å². The van der Waals surface area contributed by atoms with Gasteiger partial charge in [-0.2, -0.15) is 11.8 Å². The van der Waals surface area contributed by atoms with Crippen molar-refractivity contribution in [3.05, 3.63) is 0 Å². The van der Waals surface area contributed by atoms with Crippen molar-refractivity contribution in [2.75, 3.05) is 32.1 Å². The highest BCUT2D eigenvalue weighted by molar-refractivity contribution is 7.98. The fourth-order valence-corrected chi connectivity index (χ4v) is 3.54. The fourth-order valence-electron chi connectivity index (χ4n) is 1.46. The first-order chi connectivity index (χ1) is 7.87. The van der Waals surface area contributed by atoms with Crippen molar-refractivity contribution < 1.29 is 8.42 Å². The highest BCUT2D eigenvalue weighted by Crippen LogP contribution is 2.14. The molecule has 0 fully saturated rings. The molecule has 0 aliphatic carbocycles. The summed E-state index contributed by atoms with van der Waals surface area (Å²) in [7, 11) is -1.50. The van der Waals surface area contributed by atoms with Gasteiger partial charge in [-0.15, -0.1) is 0 Å². The molecule has 0 aromatic carbocycles. The monoisotopic (exact) mass is 282 g/mol. The number of rotatable bonds is 9. The Balaban J connectivity index is 4.46. The van der Waals surface area contributed by atoms with Gasteiger partial charge >= 0.3 is 0 Å². The number of hydrogen-bond donors (Lipinski definition) is 1. The van der Waals surface area contributed by atoms with Gasteiger partial charge < -0.3 is 5.32 Å². The van der Waals surface area contributed by atoms with Crippen LogP contribution in [-0.2, 0) is 10.0 Å². The molecule has 0 heterocycles. The Morgan fingerprint density at radius 1 is 1.35 bits per heavy atom. The third-order valence-electron chi connectivity index (χ3n) is 2.95. The molecule has 0 saturated heterocycles. The molecule has 0 radical (unpaired) electrons. The first-order valence-corrected chi connectivity index (χ1v) is 8.94. The third-order valence-corrected chi connectivity index (χ3v) is 5.94. The summed E-state index contributed by atoms with van der Waals surface area (Å²) >= 11 is 1.75. The molecule has 0 bridgehead atoms. The predicted molar refractivity (Wildman–Crippen MR) is 77.1 cm³/mol. The lowest BCUT2D eigenvalue weighted by Crippen LogP contribution is -2.44. The lowest BCUT2D eigenvalue weighted by molar-refractivity contribution is 0.376. The largest absolute Gasteiger partial charge is 0.316 e. The van der Waals surface area contributed by atoms with Crippen molar-refractivity contribution in [1.82, 2.24) is 9.62 Å². The first kappa shape index (κ1) is 17.2.